The summed E-state index contributed by atoms with van der Waals surface area (Å²) in [6.07, 6.45) is 1.43. The van der Waals surface area contributed by atoms with E-state index in [1.807, 2.05) is 49.4 Å². The van der Waals surface area contributed by atoms with Crippen molar-refractivity contribution in [3.63, 3.8) is 0 Å². The van der Waals surface area contributed by atoms with Gasteiger partial charge in [0, 0.05) is 5.69 Å². The lowest BCUT2D eigenvalue weighted by Gasteiger charge is -2.11. The van der Waals surface area contributed by atoms with Gasteiger partial charge in [-0.3, -0.25) is 19.6 Å². The summed E-state index contributed by atoms with van der Waals surface area (Å²) in [5.41, 5.74) is 3.36. The summed E-state index contributed by atoms with van der Waals surface area (Å²) in [6, 6.07) is 16.3. The molecule has 29 heavy (non-hydrogen) atoms. The van der Waals surface area contributed by atoms with Crippen LogP contribution in [0.15, 0.2) is 65.1 Å². The van der Waals surface area contributed by atoms with Crippen LogP contribution in [0.2, 0.25) is 0 Å². The average Bonchev–Trinajstić information content (AvgIpc) is 3.15. The van der Waals surface area contributed by atoms with Gasteiger partial charge in [0.25, 0.3) is 11.5 Å². The largest absolute Gasteiger partial charge is 0.329 e. The van der Waals surface area contributed by atoms with Crippen molar-refractivity contribution in [2.75, 3.05) is 0 Å². The zero-order chi connectivity index (χ0) is 20.5. The summed E-state index contributed by atoms with van der Waals surface area (Å²) in [5, 5.41) is 5.58. The Bertz CT molecular complexity index is 1170. The molecule has 0 aliphatic carbocycles. The number of hydrogen-bond donors (Lipinski definition) is 2. The minimum atomic E-state index is -0.501. The lowest BCUT2D eigenvalue weighted by atomic mass is 10.1. The van der Waals surface area contributed by atoms with Gasteiger partial charge in [-0.15, -0.1) is 0 Å². The SMILES string of the molecule is Cc1ccc(CN2C(=O)NC(=Cc3c(C)[nH]n(-c4ccccc4)c3=O)C2=O)cc1. The first-order valence-corrected chi connectivity index (χ1v) is 9.21. The van der Waals surface area contributed by atoms with E-state index in [-0.39, 0.29) is 17.8 Å². The van der Waals surface area contributed by atoms with E-state index >= 15 is 0 Å². The molecule has 4 rings (SSSR count). The van der Waals surface area contributed by atoms with Gasteiger partial charge in [-0.25, -0.2) is 9.48 Å². The van der Waals surface area contributed by atoms with Crippen LogP contribution in [-0.2, 0) is 11.3 Å². The zero-order valence-electron chi connectivity index (χ0n) is 16.1. The molecule has 2 aromatic carbocycles. The average molecular weight is 388 g/mol. The molecule has 0 saturated carbocycles. The Balaban J connectivity index is 1.63. The van der Waals surface area contributed by atoms with E-state index in [9.17, 15) is 14.4 Å². The predicted molar refractivity (Wildman–Crippen MR) is 109 cm³/mol. The van der Waals surface area contributed by atoms with Crippen LogP contribution in [0.3, 0.4) is 0 Å². The Kier molecular flexibility index (Phi) is 4.64. The molecule has 2 heterocycles. The summed E-state index contributed by atoms with van der Waals surface area (Å²) in [4.78, 5) is 39.0. The molecule has 1 aliphatic rings. The molecular weight excluding hydrogens is 368 g/mol. The van der Waals surface area contributed by atoms with E-state index in [1.165, 1.54) is 10.8 Å². The molecule has 7 nitrogen and oxygen atoms in total. The molecule has 0 bridgehead atoms. The Labute approximate surface area is 167 Å². The molecule has 2 N–H and O–H groups in total. The number of aromatic nitrogens is 2. The first-order chi connectivity index (χ1) is 13.9. The highest BCUT2D eigenvalue weighted by atomic mass is 16.2. The van der Waals surface area contributed by atoms with E-state index in [1.54, 1.807) is 19.1 Å². The van der Waals surface area contributed by atoms with Gasteiger partial charge in [-0.1, -0.05) is 48.0 Å². The van der Waals surface area contributed by atoms with Gasteiger partial charge in [0.1, 0.15) is 5.70 Å². The number of nitrogens with zero attached hydrogens (tertiary/aromatic N) is 2. The molecule has 0 atom stereocenters. The van der Waals surface area contributed by atoms with Crippen LogP contribution in [-0.4, -0.2) is 26.6 Å². The first kappa shape index (κ1) is 18.5. The van der Waals surface area contributed by atoms with Crippen LogP contribution in [0.4, 0.5) is 4.79 Å². The topological polar surface area (TPSA) is 87.2 Å². The molecule has 0 radical (unpaired) electrons. The van der Waals surface area contributed by atoms with Gasteiger partial charge in [-0.05, 0) is 37.6 Å². The number of aryl methyl sites for hydroxylation is 2. The highest BCUT2D eigenvalue weighted by Crippen LogP contribution is 2.18. The summed E-state index contributed by atoms with van der Waals surface area (Å²) in [5.74, 6) is -0.457. The van der Waals surface area contributed by atoms with Crippen molar-refractivity contribution in [1.82, 2.24) is 20.0 Å². The van der Waals surface area contributed by atoms with Crippen LogP contribution >= 0.6 is 0 Å². The number of amides is 3. The number of urea groups is 1. The molecule has 3 aromatic rings. The van der Waals surface area contributed by atoms with E-state index in [0.29, 0.717) is 16.9 Å². The lowest BCUT2D eigenvalue weighted by molar-refractivity contribution is -0.123. The molecule has 1 aliphatic heterocycles. The lowest BCUT2D eigenvalue weighted by Crippen LogP contribution is -2.30. The standard InChI is InChI=1S/C22H20N4O3/c1-14-8-10-16(11-9-14)13-25-21(28)19(23-22(25)29)12-18-15(2)24-26(20(18)27)17-6-4-3-5-7-17/h3-12,24H,13H2,1-2H3,(H,23,29). The first-order valence-electron chi connectivity index (χ1n) is 9.21. The van der Waals surface area contributed by atoms with Crippen molar-refractivity contribution < 1.29 is 9.59 Å². The number of rotatable bonds is 4. The number of carbonyl (C=O) groups excluding carboxylic acids is 2. The second-order valence-corrected chi connectivity index (χ2v) is 6.99. The number of benzene rings is 2. The van der Waals surface area contributed by atoms with Crippen molar-refractivity contribution in [2.24, 2.45) is 0 Å². The third-order valence-corrected chi connectivity index (χ3v) is 4.84. The Hall–Kier alpha value is -3.87. The number of carbonyl (C=O) groups is 2. The fraction of sp³-hybridized carbons (Fsp3) is 0.136. The maximum Gasteiger partial charge on any atom is 0.329 e. The van der Waals surface area contributed by atoms with Crippen LogP contribution in [0.5, 0.6) is 0 Å². The monoisotopic (exact) mass is 388 g/mol. The predicted octanol–water partition coefficient (Wildman–Crippen LogP) is 2.88. The fourth-order valence-corrected chi connectivity index (χ4v) is 3.22. The summed E-state index contributed by atoms with van der Waals surface area (Å²) in [6.45, 7) is 3.89. The van der Waals surface area contributed by atoms with Gasteiger partial charge >= 0.3 is 6.03 Å². The summed E-state index contributed by atoms with van der Waals surface area (Å²) >= 11 is 0. The maximum atomic E-state index is 12.8. The molecule has 1 saturated heterocycles. The fourth-order valence-electron chi connectivity index (χ4n) is 3.22. The Morgan fingerprint density at radius 2 is 1.62 bits per heavy atom. The van der Waals surface area contributed by atoms with Crippen LogP contribution in [0.25, 0.3) is 11.8 Å². The van der Waals surface area contributed by atoms with Crippen molar-refractivity contribution in [1.29, 1.82) is 0 Å². The van der Waals surface area contributed by atoms with E-state index in [2.05, 4.69) is 10.4 Å². The van der Waals surface area contributed by atoms with Gasteiger partial charge in [0.2, 0.25) is 0 Å². The number of hydrogen-bond acceptors (Lipinski definition) is 3. The molecule has 146 valence electrons. The smallest absolute Gasteiger partial charge is 0.303 e. The summed E-state index contributed by atoms with van der Waals surface area (Å²) < 4.78 is 1.41. The van der Waals surface area contributed by atoms with Crippen LogP contribution in [0.1, 0.15) is 22.4 Å². The third kappa shape index (κ3) is 3.50. The second kappa shape index (κ2) is 7.27. The number of nitrogens with one attached hydrogen (secondary N) is 2. The number of H-pyrrole nitrogens is 1. The quantitative estimate of drug-likeness (QED) is 0.532. The molecule has 0 unspecified atom stereocenters. The van der Waals surface area contributed by atoms with Gasteiger partial charge in [0.05, 0.1) is 17.8 Å². The van der Waals surface area contributed by atoms with Gasteiger partial charge in [0.15, 0.2) is 0 Å². The Morgan fingerprint density at radius 1 is 0.931 bits per heavy atom. The molecule has 1 fully saturated rings. The molecule has 7 heteroatoms. The van der Waals surface area contributed by atoms with E-state index in [4.69, 9.17) is 0 Å². The number of para-hydroxylation sites is 1. The highest BCUT2D eigenvalue weighted by Gasteiger charge is 2.34. The Morgan fingerprint density at radius 3 is 2.31 bits per heavy atom. The van der Waals surface area contributed by atoms with Gasteiger partial charge in [-0.2, -0.15) is 0 Å². The maximum absolute atomic E-state index is 12.8. The molecule has 3 amide bonds. The van der Waals surface area contributed by atoms with Crippen molar-refractivity contribution in [2.45, 2.75) is 20.4 Å². The number of imide groups is 1. The summed E-state index contributed by atoms with van der Waals surface area (Å²) in [7, 11) is 0. The highest BCUT2D eigenvalue weighted by molar-refractivity contribution is 6.13. The minimum Gasteiger partial charge on any atom is -0.303 e. The van der Waals surface area contributed by atoms with Crippen molar-refractivity contribution in [3.8, 4) is 5.69 Å². The van der Waals surface area contributed by atoms with E-state index < -0.39 is 11.9 Å². The normalized spacial score (nSPS) is 15.2. The zero-order valence-corrected chi connectivity index (χ0v) is 16.1. The molecule has 1 aromatic heterocycles. The van der Waals surface area contributed by atoms with Crippen LogP contribution in [0, 0.1) is 13.8 Å². The molecule has 0 spiro atoms. The third-order valence-electron chi connectivity index (χ3n) is 4.84. The minimum absolute atomic E-state index is 0.0847. The molecular formula is C22H20N4O3. The van der Waals surface area contributed by atoms with Gasteiger partial charge < -0.3 is 5.32 Å². The van der Waals surface area contributed by atoms with Crippen molar-refractivity contribution in [3.05, 3.63) is 93.0 Å². The second-order valence-electron chi connectivity index (χ2n) is 6.99. The van der Waals surface area contributed by atoms with E-state index in [0.717, 1.165) is 16.0 Å². The number of aromatic amines is 1. The van der Waals surface area contributed by atoms with Crippen LogP contribution < -0.4 is 10.9 Å². The van der Waals surface area contributed by atoms with Crippen molar-refractivity contribution >= 4 is 18.0 Å².